The van der Waals surface area contributed by atoms with Crippen LogP contribution in [0.5, 0.6) is 0 Å². The summed E-state index contributed by atoms with van der Waals surface area (Å²) >= 11 is 0. The smallest absolute Gasteiger partial charge is 0.335 e. The zero-order chi connectivity index (χ0) is 19.9. The molecule has 0 aliphatic rings. The number of anilines is 1. The average molecular weight is 376 g/mol. The van der Waals surface area contributed by atoms with E-state index in [1.807, 2.05) is 54.6 Å². The highest BCUT2D eigenvalue weighted by Gasteiger charge is 2.08. The Hall–Kier alpha value is -3.15. The minimum atomic E-state index is -0.988. The van der Waals surface area contributed by atoms with Crippen LogP contribution < -0.4 is 11.1 Å². The second-order valence-electron chi connectivity index (χ2n) is 6.68. The van der Waals surface area contributed by atoms with Gasteiger partial charge in [-0.1, -0.05) is 60.7 Å². The van der Waals surface area contributed by atoms with Crippen LogP contribution in [-0.4, -0.2) is 29.3 Å². The van der Waals surface area contributed by atoms with Gasteiger partial charge in [0.2, 0.25) is 0 Å². The molecule has 0 radical (unpaired) electrons. The predicted molar refractivity (Wildman–Crippen MR) is 111 cm³/mol. The van der Waals surface area contributed by atoms with Gasteiger partial charge in [-0.25, -0.2) is 4.79 Å². The molecular formula is C23H24N2O3. The van der Waals surface area contributed by atoms with Gasteiger partial charge < -0.3 is 21.3 Å². The highest BCUT2D eigenvalue weighted by atomic mass is 16.4. The van der Waals surface area contributed by atoms with Gasteiger partial charge >= 0.3 is 5.97 Å². The number of aromatic carboxylic acids is 1. The number of aliphatic hydroxyl groups is 1. The molecule has 3 rings (SSSR count). The molecule has 3 aromatic carbocycles. The van der Waals surface area contributed by atoms with Crippen LogP contribution in [0.25, 0.3) is 11.1 Å². The Morgan fingerprint density at radius 3 is 2.36 bits per heavy atom. The van der Waals surface area contributed by atoms with E-state index in [1.54, 1.807) is 12.1 Å². The molecule has 5 N–H and O–H groups in total. The molecule has 0 fully saturated rings. The van der Waals surface area contributed by atoms with Crippen LogP contribution in [0.1, 0.15) is 27.6 Å². The van der Waals surface area contributed by atoms with Crippen molar-refractivity contribution in [2.45, 2.75) is 12.5 Å². The molecule has 0 spiro atoms. The number of benzene rings is 3. The van der Waals surface area contributed by atoms with Gasteiger partial charge in [0.05, 0.1) is 11.7 Å². The summed E-state index contributed by atoms with van der Waals surface area (Å²) < 4.78 is 0. The van der Waals surface area contributed by atoms with Crippen LogP contribution in [0.2, 0.25) is 0 Å². The standard InChI is InChI=1S/C23H24N2O3/c24-21-14-19(23(27)28)10-11-20(21)17-8-6-16(7-9-17)12-13-25-15-22(26)18-4-2-1-3-5-18/h1-11,14,22,25-26H,12-13,15,24H2,(H,27,28)/t22-/m1/s1. The summed E-state index contributed by atoms with van der Waals surface area (Å²) in [5, 5.41) is 22.5. The summed E-state index contributed by atoms with van der Waals surface area (Å²) in [7, 11) is 0. The van der Waals surface area contributed by atoms with Crippen molar-refractivity contribution < 1.29 is 15.0 Å². The van der Waals surface area contributed by atoms with Gasteiger partial charge in [-0.2, -0.15) is 0 Å². The highest BCUT2D eigenvalue weighted by molar-refractivity contribution is 5.91. The van der Waals surface area contributed by atoms with Gasteiger partial charge in [0.15, 0.2) is 0 Å². The van der Waals surface area contributed by atoms with Crippen molar-refractivity contribution in [3.8, 4) is 11.1 Å². The normalized spacial score (nSPS) is 11.9. The van der Waals surface area contributed by atoms with E-state index in [0.29, 0.717) is 12.2 Å². The molecule has 3 aromatic rings. The molecule has 0 saturated heterocycles. The van der Waals surface area contributed by atoms with E-state index in [-0.39, 0.29) is 5.56 Å². The Morgan fingerprint density at radius 2 is 1.71 bits per heavy atom. The molecule has 28 heavy (non-hydrogen) atoms. The van der Waals surface area contributed by atoms with Gasteiger partial charge in [-0.3, -0.25) is 0 Å². The average Bonchev–Trinajstić information content (AvgIpc) is 2.72. The molecule has 0 aliphatic heterocycles. The predicted octanol–water partition coefficient (Wildman–Crippen LogP) is 3.50. The Labute approximate surface area is 164 Å². The fourth-order valence-electron chi connectivity index (χ4n) is 3.07. The second-order valence-corrected chi connectivity index (χ2v) is 6.68. The summed E-state index contributed by atoms with van der Waals surface area (Å²) in [6.07, 6.45) is 0.329. The molecule has 0 aromatic heterocycles. The monoisotopic (exact) mass is 376 g/mol. The number of carboxylic acid groups (broad SMARTS) is 1. The van der Waals surface area contributed by atoms with Gasteiger partial charge in [0.25, 0.3) is 0 Å². The van der Waals surface area contributed by atoms with Gasteiger partial charge in [-0.15, -0.1) is 0 Å². The second kappa shape index (κ2) is 9.17. The van der Waals surface area contributed by atoms with E-state index in [4.69, 9.17) is 10.8 Å². The topological polar surface area (TPSA) is 95.6 Å². The lowest BCUT2D eigenvalue weighted by Gasteiger charge is -2.12. The Bertz CT molecular complexity index is 924. The Balaban J connectivity index is 1.53. The molecule has 0 unspecified atom stereocenters. The zero-order valence-electron chi connectivity index (χ0n) is 15.5. The summed E-state index contributed by atoms with van der Waals surface area (Å²) in [4.78, 5) is 11.0. The fourth-order valence-corrected chi connectivity index (χ4v) is 3.07. The molecule has 0 amide bonds. The molecule has 0 heterocycles. The third kappa shape index (κ3) is 4.97. The first-order valence-corrected chi connectivity index (χ1v) is 9.20. The number of aliphatic hydroxyl groups excluding tert-OH is 1. The van der Waals surface area contributed by atoms with Crippen molar-refractivity contribution in [2.24, 2.45) is 0 Å². The molecule has 144 valence electrons. The molecule has 0 aliphatic carbocycles. The highest BCUT2D eigenvalue weighted by Crippen LogP contribution is 2.27. The van der Waals surface area contributed by atoms with Crippen molar-refractivity contribution in [3.63, 3.8) is 0 Å². The number of rotatable bonds is 8. The lowest BCUT2D eigenvalue weighted by atomic mass is 10.00. The van der Waals surface area contributed by atoms with Crippen LogP contribution in [0, 0.1) is 0 Å². The van der Waals surface area contributed by atoms with Crippen LogP contribution in [0.15, 0.2) is 72.8 Å². The molecular weight excluding hydrogens is 352 g/mol. The minimum absolute atomic E-state index is 0.182. The lowest BCUT2D eigenvalue weighted by molar-refractivity contribution is 0.0697. The first-order valence-electron chi connectivity index (χ1n) is 9.20. The van der Waals surface area contributed by atoms with Crippen LogP contribution in [0.3, 0.4) is 0 Å². The lowest BCUT2D eigenvalue weighted by Crippen LogP contribution is -2.23. The minimum Gasteiger partial charge on any atom is -0.478 e. The third-order valence-corrected chi connectivity index (χ3v) is 4.68. The number of nitrogens with two attached hydrogens (primary N) is 1. The van der Waals surface area contributed by atoms with Crippen LogP contribution in [-0.2, 0) is 6.42 Å². The van der Waals surface area contributed by atoms with Crippen molar-refractivity contribution in [1.29, 1.82) is 0 Å². The first kappa shape index (κ1) is 19.6. The van der Waals surface area contributed by atoms with E-state index < -0.39 is 12.1 Å². The van der Waals surface area contributed by atoms with Gasteiger partial charge in [0.1, 0.15) is 0 Å². The number of hydrogen-bond donors (Lipinski definition) is 4. The van der Waals surface area contributed by atoms with Crippen molar-refractivity contribution in [2.75, 3.05) is 18.8 Å². The van der Waals surface area contributed by atoms with Crippen molar-refractivity contribution >= 4 is 11.7 Å². The molecule has 5 nitrogen and oxygen atoms in total. The zero-order valence-corrected chi connectivity index (χ0v) is 15.5. The first-order chi connectivity index (χ1) is 13.5. The van der Waals surface area contributed by atoms with E-state index in [0.717, 1.165) is 29.7 Å². The number of carbonyl (C=O) groups is 1. The Kier molecular flexibility index (Phi) is 6.42. The SMILES string of the molecule is Nc1cc(C(=O)O)ccc1-c1ccc(CCNC[C@@H](O)c2ccccc2)cc1. The third-order valence-electron chi connectivity index (χ3n) is 4.68. The summed E-state index contributed by atoms with van der Waals surface area (Å²) in [6, 6.07) is 22.4. The maximum absolute atomic E-state index is 11.0. The molecule has 0 saturated carbocycles. The number of carboxylic acids is 1. The number of nitrogen functional groups attached to an aromatic ring is 1. The fraction of sp³-hybridized carbons (Fsp3) is 0.174. The summed E-state index contributed by atoms with van der Waals surface area (Å²) in [5.41, 5.74) is 10.5. The van der Waals surface area contributed by atoms with E-state index in [9.17, 15) is 9.90 Å². The molecule has 5 heteroatoms. The molecule has 0 bridgehead atoms. The van der Waals surface area contributed by atoms with Crippen molar-refractivity contribution in [3.05, 3.63) is 89.5 Å². The number of nitrogens with one attached hydrogen (secondary N) is 1. The summed E-state index contributed by atoms with van der Waals surface area (Å²) in [6.45, 7) is 1.27. The van der Waals surface area contributed by atoms with E-state index in [2.05, 4.69) is 5.32 Å². The molecule has 1 atom stereocenters. The van der Waals surface area contributed by atoms with E-state index in [1.165, 1.54) is 11.6 Å². The Morgan fingerprint density at radius 1 is 1.00 bits per heavy atom. The van der Waals surface area contributed by atoms with Gasteiger partial charge in [0, 0.05) is 17.8 Å². The summed E-state index contributed by atoms with van der Waals surface area (Å²) in [5.74, 6) is -0.988. The maximum Gasteiger partial charge on any atom is 0.335 e. The van der Waals surface area contributed by atoms with Gasteiger partial charge in [-0.05, 0) is 41.8 Å². The van der Waals surface area contributed by atoms with Crippen molar-refractivity contribution in [1.82, 2.24) is 5.32 Å². The number of hydrogen-bond acceptors (Lipinski definition) is 4. The van der Waals surface area contributed by atoms with E-state index >= 15 is 0 Å². The maximum atomic E-state index is 11.0. The quantitative estimate of drug-likeness (QED) is 0.356. The van der Waals surface area contributed by atoms with Crippen LogP contribution in [0.4, 0.5) is 5.69 Å². The largest absolute Gasteiger partial charge is 0.478 e. The van der Waals surface area contributed by atoms with Crippen LogP contribution >= 0.6 is 0 Å².